The summed E-state index contributed by atoms with van der Waals surface area (Å²) < 4.78 is 23.5. The molecule has 0 fully saturated rings. The van der Waals surface area contributed by atoms with E-state index in [-0.39, 0.29) is 0 Å². The molecular weight excluding hydrogens is 749 g/mol. The highest BCUT2D eigenvalue weighted by Gasteiger charge is 2.08. The van der Waals surface area contributed by atoms with Gasteiger partial charge in [-0.25, -0.2) is 0 Å². The van der Waals surface area contributed by atoms with Crippen molar-refractivity contribution in [2.24, 2.45) is 0 Å². The van der Waals surface area contributed by atoms with Crippen LogP contribution < -0.4 is 18.9 Å². The van der Waals surface area contributed by atoms with Gasteiger partial charge in [0.15, 0.2) is 23.0 Å². The Balaban J connectivity index is 1.28. The Labute approximate surface area is 365 Å². The van der Waals surface area contributed by atoms with Crippen LogP contribution in [0.15, 0.2) is 36.4 Å². The molecule has 0 radical (unpaired) electrons. The lowest BCUT2D eigenvalue weighted by atomic mass is 10.0. The van der Waals surface area contributed by atoms with Crippen LogP contribution in [0.4, 0.5) is 0 Å². The second-order valence-electron chi connectivity index (χ2n) is 16.4. The summed E-state index contributed by atoms with van der Waals surface area (Å²) >= 11 is 1.54. The fourth-order valence-corrected chi connectivity index (χ4v) is 8.14. The standard InChI is InChI=1S/C52H82N2O4S/c1-5-7-9-11-13-15-17-19-21-23-25-27-29-31-41-57-47-37-33-45(43-49(47)55-3)35-39-51-53-54-52(59-51)40-36-46-34-38-48(50(44-46)56-4)58-42-32-30-28-26-24-22-20-18-16-14-12-10-8-6-2/h33-40,43-44H,5-32,41-42H2,1-4H3. The average Bonchev–Trinajstić information content (AvgIpc) is 3.73. The molecule has 0 aliphatic carbocycles. The van der Waals surface area contributed by atoms with Gasteiger partial charge in [-0.2, -0.15) is 0 Å². The summed E-state index contributed by atoms with van der Waals surface area (Å²) in [6, 6.07) is 12.1. The first-order valence-corrected chi connectivity index (χ1v) is 24.8. The van der Waals surface area contributed by atoms with E-state index >= 15 is 0 Å². The fraction of sp³-hybridized carbons (Fsp3) is 0.654. The van der Waals surface area contributed by atoms with Crippen molar-refractivity contribution in [2.45, 2.75) is 194 Å². The van der Waals surface area contributed by atoms with E-state index in [0.29, 0.717) is 0 Å². The molecule has 3 aromatic rings. The summed E-state index contributed by atoms with van der Waals surface area (Å²) in [5.74, 6) is 3.09. The first-order valence-electron chi connectivity index (χ1n) is 24.0. The number of rotatable bonds is 38. The lowest BCUT2D eigenvalue weighted by Crippen LogP contribution is -1.99. The van der Waals surface area contributed by atoms with Gasteiger partial charge in [-0.1, -0.05) is 216 Å². The van der Waals surface area contributed by atoms with Crippen molar-refractivity contribution in [1.29, 1.82) is 0 Å². The normalized spacial score (nSPS) is 11.6. The van der Waals surface area contributed by atoms with Crippen LogP contribution in [0.3, 0.4) is 0 Å². The van der Waals surface area contributed by atoms with E-state index in [0.717, 1.165) is 70.2 Å². The van der Waals surface area contributed by atoms with E-state index in [2.05, 4.69) is 36.2 Å². The summed E-state index contributed by atoms with van der Waals surface area (Å²) in [6.07, 6.45) is 46.0. The van der Waals surface area contributed by atoms with Crippen molar-refractivity contribution < 1.29 is 18.9 Å². The lowest BCUT2D eigenvalue weighted by molar-refractivity contribution is 0.284. The van der Waals surface area contributed by atoms with Gasteiger partial charge in [0.2, 0.25) is 0 Å². The molecule has 59 heavy (non-hydrogen) atoms. The zero-order valence-corrected chi connectivity index (χ0v) is 38.7. The molecule has 0 saturated carbocycles. The first kappa shape index (κ1) is 50.0. The third-order valence-corrected chi connectivity index (χ3v) is 12.0. The predicted molar refractivity (Wildman–Crippen MR) is 255 cm³/mol. The second-order valence-corrected chi connectivity index (χ2v) is 17.4. The maximum absolute atomic E-state index is 6.10. The van der Waals surface area contributed by atoms with Gasteiger partial charge in [0.05, 0.1) is 27.4 Å². The van der Waals surface area contributed by atoms with E-state index < -0.39 is 0 Å². The maximum atomic E-state index is 6.10. The number of aromatic nitrogens is 2. The largest absolute Gasteiger partial charge is 0.493 e. The molecular formula is C52H82N2O4S. The van der Waals surface area contributed by atoms with E-state index in [9.17, 15) is 0 Å². The van der Waals surface area contributed by atoms with Crippen molar-refractivity contribution >= 4 is 35.6 Å². The molecule has 0 atom stereocenters. The molecule has 3 rings (SSSR count). The van der Waals surface area contributed by atoms with Crippen LogP contribution in [0.25, 0.3) is 24.3 Å². The maximum Gasteiger partial charge on any atom is 0.161 e. The molecule has 0 unspecified atom stereocenters. The van der Waals surface area contributed by atoms with Crippen molar-refractivity contribution in [3.05, 3.63) is 57.5 Å². The Morgan fingerprint density at radius 1 is 0.390 bits per heavy atom. The van der Waals surface area contributed by atoms with Gasteiger partial charge in [0, 0.05) is 0 Å². The van der Waals surface area contributed by atoms with Gasteiger partial charge in [-0.05, 0) is 60.4 Å². The molecule has 0 spiro atoms. The van der Waals surface area contributed by atoms with Gasteiger partial charge in [-0.3, -0.25) is 0 Å². The van der Waals surface area contributed by atoms with Gasteiger partial charge in [0.1, 0.15) is 10.0 Å². The van der Waals surface area contributed by atoms with Crippen molar-refractivity contribution in [3.8, 4) is 23.0 Å². The topological polar surface area (TPSA) is 62.7 Å². The molecule has 0 bridgehead atoms. The van der Waals surface area contributed by atoms with Gasteiger partial charge < -0.3 is 18.9 Å². The summed E-state index contributed by atoms with van der Waals surface area (Å²) in [7, 11) is 3.40. The van der Waals surface area contributed by atoms with Crippen LogP contribution in [-0.2, 0) is 0 Å². The van der Waals surface area contributed by atoms with E-state index in [1.54, 1.807) is 25.6 Å². The number of ether oxygens (including phenoxy) is 4. The number of nitrogens with zero attached hydrogens (tertiary/aromatic N) is 2. The fourth-order valence-electron chi connectivity index (χ4n) is 7.49. The SMILES string of the molecule is CCCCCCCCCCCCCCCCOc1ccc(C=Cc2nnc(C=Cc3ccc(OCCCCCCCCCCCCCCCC)c(OC)c3)s2)cc1OC. The van der Waals surface area contributed by atoms with Crippen LogP contribution in [0, 0.1) is 0 Å². The minimum atomic E-state index is 0.717. The first-order chi connectivity index (χ1) is 29.2. The van der Waals surface area contributed by atoms with Crippen molar-refractivity contribution in [2.75, 3.05) is 27.4 Å². The van der Waals surface area contributed by atoms with Crippen LogP contribution in [0.2, 0.25) is 0 Å². The molecule has 1 aromatic heterocycles. The number of unbranched alkanes of at least 4 members (excludes halogenated alkanes) is 26. The minimum absolute atomic E-state index is 0.717. The Morgan fingerprint density at radius 3 is 1.00 bits per heavy atom. The number of hydrogen-bond acceptors (Lipinski definition) is 7. The third-order valence-electron chi connectivity index (χ3n) is 11.2. The Bertz CT molecular complexity index is 1410. The zero-order valence-electron chi connectivity index (χ0n) is 37.9. The summed E-state index contributed by atoms with van der Waals surface area (Å²) in [5, 5.41) is 10.4. The summed E-state index contributed by atoms with van der Waals surface area (Å²) in [4.78, 5) is 0. The second kappa shape index (κ2) is 34.4. The monoisotopic (exact) mass is 831 g/mol. The predicted octanol–water partition coefficient (Wildman–Crippen LogP) is 16.6. The molecule has 0 aliphatic rings. The zero-order chi connectivity index (χ0) is 41.9. The van der Waals surface area contributed by atoms with Crippen LogP contribution in [0.5, 0.6) is 23.0 Å². The molecule has 1 heterocycles. The lowest BCUT2D eigenvalue weighted by Gasteiger charge is -2.11. The Hall–Kier alpha value is -3.32. The van der Waals surface area contributed by atoms with Crippen LogP contribution in [-0.4, -0.2) is 37.6 Å². The smallest absolute Gasteiger partial charge is 0.161 e. The highest BCUT2D eigenvalue weighted by molar-refractivity contribution is 7.13. The third kappa shape index (κ3) is 23.9. The van der Waals surface area contributed by atoms with Gasteiger partial charge >= 0.3 is 0 Å². The molecule has 0 aliphatic heterocycles. The van der Waals surface area contributed by atoms with E-state index in [1.807, 2.05) is 48.6 Å². The molecule has 6 nitrogen and oxygen atoms in total. The highest BCUT2D eigenvalue weighted by Crippen LogP contribution is 2.31. The van der Waals surface area contributed by atoms with Crippen molar-refractivity contribution in [1.82, 2.24) is 10.2 Å². The van der Waals surface area contributed by atoms with Crippen LogP contribution >= 0.6 is 11.3 Å². The average molecular weight is 831 g/mol. The molecule has 0 amide bonds. The highest BCUT2D eigenvalue weighted by atomic mass is 32.1. The van der Waals surface area contributed by atoms with E-state index in [4.69, 9.17) is 18.9 Å². The minimum Gasteiger partial charge on any atom is -0.493 e. The number of hydrogen-bond donors (Lipinski definition) is 0. The molecule has 0 saturated heterocycles. The Kier molecular flexibility index (Phi) is 29.2. The summed E-state index contributed by atoms with van der Waals surface area (Å²) in [6.45, 7) is 6.01. The molecule has 0 N–H and O–H groups in total. The number of benzene rings is 2. The van der Waals surface area contributed by atoms with Gasteiger partial charge in [-0.15, -0.1) is 10.2 Å². The molecule has 7 heteroatoms. The summed E-state index contributed by atoms with van der Waals surface area (Å²) in [5.41, 5.74) is 2.05. The Morgan fingerprint density at radius 2 is 0.695 bits per heavy atom. The van der Waals surface area contributed by atoms with Crippen LogP contribution in [0.1, 0.15) is 215 Å². The molecule has 2 aromatic carbocycles. The van der Waals surface area contributed by atoms with E-state index in [1.165, 1.54) is 167 Å². The molecule has 330 valence electrons. The van der Waals surface area contributed by atoms with Crippen molar-refractivity contribution in [3.63, 3.8) is 0 Å². The quantitative estimate of drug-likeness (QED) is 0.0536. The van der Waals surface area contributed by atoms with Gasteiger partial charge in [0.25, 0.3) is 0 Å². The number of methoxy groups -OCH3 is 2.